The van der Waals surface area contributed by atoms with Crippen molar-refractivity contribution in [1.82, 2.24) is 0 Å². The Morgan fingerprint density at radius 3 is 2.29 bits per heavy atom. The Kier molecular flexibility index (Phi) is 6.96. The SMILES string of the molecule is CCOC(=O)CCCCC(=O)C(O)O. The summed E-state index contributed by atoms with van der Waals surface area (Å²) in [6.07, 6.45) is -0.552. The van der Waals surface area contributed by atoms with Crippen molar-refractivity contribution in [3.63, 3.8) is 0 Å². The zero-order chi connectivity index (χ0) is 11.0. The maximum absolute atomic E-state index is 10.8. The summed E-state index contributed by atoms with van der Waals surface area (Å²) >= 11 is 0. The zero-order valence-electron chi connectivity index (χ0n) is 8.23. The largest absolute Gasteiger partial charge is 0.466 e. The number of carbonyl (C=O) groups excluding carboxylic acids is 2. The third-order valence-corrected chi connectivity index (χ3v) is 1.65. The minimum atomic E-state index is -1.89. The molecule has 0 aromatic heterocycles. The molecule has 0 unspecified atom stereocenters. The summed E-state index contributed by atoms with van der Waals surface area (Å²) in [5, 5.41) is 16.9. The van der Waals surface area contributed by atoms with Crippen LogP contribution in [0.5, 0.6) is 0 Å². The van der Waals surface area contributed by atoms with Crippen molar-refractivity contribution in [2.75, 3.05) is 6.61 Å². The fourth-order valence-electron chi connectivity index (χ4n) is 0.931. The van der Waals surface area contributed by atoms with Crippen LogP contribution in [0.1, 0.15) is 32.6 Å². The number of aliphatic hydroxyl groups excluding tert-OH is 1. The summed E-state index contributed by atoms with van der Waals surface area (Å²) in [5.74, 6) is -0.904. The molecule has 0 aromatic carbocycles. The Bertz CT molecular complexity index is 188. The van der Waals surface area contributed by atoms with Gasteiger partial charge >= 0.3 is 5.97 Å². The van der Waals surface area contributed by atoms with Gasteiger partial charge in [0.25, 0.3) is 0 Å². The van der Waals surface area contributed by atoms with Gasteiger partial charge in [-0.15, -0.1) is 0 Å². The van der Waals surface area contributed by atoms with Gasteiger partial charge in [0.1, 0.15) is 0 Å². The van der Waals surface area contributed by atoms with Crippen molar-refractivity contribution in [1.29, 1.82) is 0 Å². The van der Waals surface area contributed by atoms with Crippen molar-refractivity contribution in [2.45, 2.75) is 38.9 Å². The van der Waals surface area contributed by atoms with Crippen molar-refractivity contribution >= 4 is 11.8 Å². The van der Waals surface area contributed by atoms with E-state index in [0.29, 0.717) is 19.4 Å². The van der Waals surface area contributed by atoms with E-state index in [9.17, 15) is 9.59 Å². The van der Waals surface area contributed by atoms with Gasteiger partial charge in [0.05, 0.1) is 6.61 Å². The molecule has 0 aliphatic rings. The number of Topliss-reactive ketones (excluding diaryl/α,β-unsaturated/α-hetero) is 1. The van der Waals surface area contributed by atoms with Crippen LogP contribution >= 0.6 is 0 Å². The second-order valence-corrected chi connectivity index (χ2v) is 2.85. The normalized spacial score (nSPS) is 10.3. The number of rotatable bonds is 7. The van der Waals surface area contributed by atoms with E-state index in [2.05, 4.69) is 4.74 Å². The van der Waals surface area contributed by atoms with Gasteiger partial charge in [-0.3, -0.25) is 9.59 Å². The Hall–Kier alpha value is -0.940. The van der Waals surface area contributed by atoms with Crippen LogP contribution in [-0.4, -0.2) is 34.9 Å². The predicted octanol–water partition coefficient (Wildman–Crippen LogP) is -0.0103. The number of hydrogen-bond donors (Lipinski definition) is 2. The fraction of sp³-hybridized carbons (Fsp3) is 0.778. The quantitative estimate of drug-likeness (QED) is 0.346. The van der Waals surface area contributed by atoms with E-state index >= 15 is 0 Å². The number of unbranched alkanes of at least 4 members (excludes halogenated alkanes) is 1. The number of esters is 1. The molecule has 0 rings (SSSR count). The molecule has 5 nitrogen and oxygen atoms in total. The maximum atomic E-state index is 10.8. The van der Waals surface area contributed by atoms with Crippen LogP contribution in [0.25, 0.3) is 0 Å². The number of ether oxygens (including phenoxy) is 1. The average molecular weight is 204 g/mol. The summed E-state index contributed by atoms with van der Waals surface area (Å²) in [5.41, 5.74) is 0. The third-order valence-electron chi connectivity index (χ3n) is 1.65. The maximum Gasteiger partial charge on any atom is 0.305 e. The highest BCUT2D eigenvalue weighted by Crippen LogP contribution is 2.03. The standard InChI is InChI=1S/C9H16O5/c1-2-14-8(11)6-4-3-5-7(10)9(12)13/h9,12-13H,2-6H2,1H3. The van der Waals surface area contributed by atoms with Crippen LogP contribution in [0, 0.1) is 0 Å². The van der Waals surface area contributed by atoms with Crippen molar-refractivity contribution in [3.05, 3.63) is 0 Å². The molecule has 0 saturated carbocycles. The van der Waals surface area contributed by atoms with Gasteiger partial charge in [-0.1, -0.05) is 0 Å². The first-order valence-electron chi connectivity index (χ1n) is 4.62. The number of ketones is 1. The second-order valence-electron chi connectivity index (χ2n) is 2.85. The fourth-order valence-corrected chi connectivity index (χ4v) is 0.931. The minimum Gasteiger partial charge on any atom is -0.466 e. The third kappa shape index (κ3) is 6.56. The lowest BCUT2D eigenvalue weighted by Crippen LogP contribution is -2.18. The molecule has 0 heterocycles. The molecule has 0 radical (unpaired) electrons. The van der Waals surface area contributed by atoms with E-state index in [1.807, 2.05) is 0 Å². The molecule has 0 saturated heterocycles. The summed E-state index contributed by atoms with van der Waals surface area (Å²) in [6.45, 7) is 2.08. The van der Waals surface area contributed by atoms with Crippen molar-refractivity contribution < 1.29 is 24.5 Å². The lowest BCUT2D eigenvalue weighted by Gasteiger charge is -2.02. The molecule has 14 heavy (non-hydrogen) atoms. The topological polar surface area (TPSA) is 83.8 Å². The molecular weight excluding hydrogens is 188 g/mol. The van der Waals surface area contributed by atoms with Crippen LogP contribution in [0.15, 0.2) is 0 Å². The van der Waals surface area contributed by atoms with E-state index in [0.717, 1.165) is 0 Å². The summed E-state index contributed by atoms with van der Waals surface area (Å²) in [6, 6.07) is 0. The molecule has 0 fully saturated rings. The summed E-state index contributed by atoms with van der Waals surface area (Å²) in [7, 11) is 0. The summed E-state index contributed by atoms with van der Waals surface area (Å²) < 4.78 is 4.67. The Labute approximate surface area is 82.7 Å². The number of aliphatic hydroxyl groups is 2. The first-order chi connectivity index (χ1) is 6.57. The van der Waals surface area contributed by atoms with E-state index in [1.165, 1.54) is 0 Å². The smallest absolute Gasteiger partial charge is 0.305 e. The average Bonchev–Trinajstić information content (AvgIpc) is 2.12. The van der Waals surface area contributed by atoms with Crippen LogP contribution in [0.3, 0.4) is 0 Å². The molecule has 2 N–H and O–H groups in total. The van der Waals surface area contributed by atoms with Gasteiger partial charge in [-0.05, 0) is 19.8 Å². The molecule has 0 bridgehead atoms. The Morgan fingerprint density at radius 1 is 1.21 bits per heavy atom. The van der Waals surface area contributed by atoms with Crippen LogP contribution in [0.2, 0.25) is 0 Å². The van der Waals surface area contributed by atoms with E-state index in [1.54, 1.807) is 6.92 Å². The predicted molar refractivity (Wildman–Crippen MR) is 48.3 cm³/mol. The molecule has 5 heteroatoms. The first kappa shape index (κ1) is 13.1. The molecule has 0 atom stereocenters. The minimum absolute atomic E-state index is 0.0804. The van der Waals surface area contributed by atoms with Crippen molar-refractivity contribution in [2.24, 2.45) is 0 Å². The monoisotopic (exact) mass is 204 g/mol. The lowest BCUT2D eigenvalue weighted by molar-refractivity contribution is -0.146. The van der Waals surface area contributed by atoms with Gasteiger partial charge in [0.15, 0.2) is 5.78 Å². The van der Waals surface area contributed by atoms with Gasteiger partial charge < -0.3 is 14.9 Å². The van der Waals surface area contributed by atoms with Crippen molar-refractivity contribution in [3.8, 4) is 0 Å². The van der Waals surface area contributed by atoms with E-state index < -0.39 is 12.1 Å². The van der Waals surface area contributed by atoms with Gasteiger partial charge in [-0.2, -0.15) is 0 Å². The second kappa shape index (κ2) is 7.46. The highest BCUT2D eigenvalue weighted by atomic mass is 16.5. The highest BCUT2D eigenvalue weighted by molar-refractivity contribution is 5.81. The number of hydrogen-bond acceptors (Lipinski definition) is 5. The molecule has 0 aromatic rings. The Balaban J connectivity index is 3.38. The molecule has 0 aliphatic heterocycles. The van der Waals surface area contributed by atoms with Crippen LogP contribution in [-0.2, 0) is 14.3 Å². The molecule has 0 aliphatic carbocycles. The molecule has 0 amide bonds. The van der Waals surface area contributed by atoms with Gasteiger partial charge in [0, 0.05) is 12.8 Å². The zero-order valence-corrected chi connectivity index (χ0v) is 8.23. The molecule has 0 spiro atoms. The molecule has 82 valence electrons. The first-order valence-corrected chi connectivity index (χ1v) is 4.62. The lowest BCUT2D eigenvalue weighted by atomic mass is 10.1. The number of carbonyl (C=O) groups is 2. The van der Waals surface area contributed by atoms with Gasteiger partial charge in [-0.25, -0.2) is 0 Å². The van der Waals surface area contributed by atoms with Crippen LogP contribution < -0.4 is 0 Å². The highest BCUT2D eigenvalue weighted by Gasteiger charge is 2.10. The van der Waals surface area contributed by atoms with E-state index in [-0.39, 0.29) is 18.8 Å². The Morgan fingerprint density at radius 2 is 1.79 bits per heavy atom. The molecular formula is C9H16O5. The van der Waals surface area contributed by atoms with E-state index in [4.69, 9.17) is 10.2 Å². The van der Waals surface area contributed by atoms with Crippen LogP contribution in [0.4, 0.5) is 0 Å². The van der Waals surface area contributed by atoms with Gasteiger partial charge in [0.2, 0.25) is 6.29 Å². The summed E-state index contributed by atoms with van der Waals surface area (Å²) in [4.78, 5) is 21.5.